The Labute approximate surface area is 204 Å². The molecule has 1 aromatic heterocycles. The fourth-order valence-corrected chi connectivity index (χ4v) is 4.28. The summed E-state index contributed by atoms with van der Waals surface area (Å²) < 4.78 is 5.40. The Kier molecular flexibility index (Phi) is 8.33. The molecular weight excluding hydrogens is 446 g/mol. The molecule has 2 heterocycles. The van der Waals surface area contributed by atoms with Crippen LogP contribution in [0.2, 0.25) is 0 Å². The van der Waals surface area contributed by atoms with E-state index < -0.39 is 30.5 Å². The van der Waals surface area contributed by atoms with Gasteiger partial charge in [-0.3, -0.25) is 4.79 Å². The van der Waals surface area contributed by atoms with E-state index in [1.165, 1.54) is 28.2 Å². The van der Waals surface area contributed by atoms with Crippen molar-refractivity contribution < 1.29 is 24.6 Å². The van der Waals surface area contributed by atoms with Crippen LogP contribution in [0, 0.1) is 6.92 Å². The van der Waals surface area contributed by atoms with E-state index in [0.29, 0.717) is 0 Å². The topological polar surface area (TPSA) is 116 Å². The molecule has 1 saturated heterocycles. The van der Waals surface area contributed by atoms with E-state index in [0.717, 1.165) is 30.6 Å². The lowest BCUT2D eigenvalue weighted by molar-refractivity contribution is -0.262. The van der Waals surface area contributed by atoms with E-state index in [4.69, 9.17) is 9.57 Å². The first-order valence-corrected chi connectivity index (χ1v) is 11.9. The maximum atomic E-state index is 12.0. The fraction of sp³-hybridized carbons (Fsp3) is 0.370. The Balaban J connectivity index is 1.18. The first kappa shape index (κ1) is 25.1. The zero-order chi connectivity index (χ0) is 24.8. The molecular formula is C27H33N3O5. The van der Waals surface area contributed by atoms with Crippen molar-refractivity contribution in [2.24, 2.45) is 0 Å². The second-order valence-corrected chi connectivity index (χ2v) is 8.92. The van der Waals surface area contributed by atoms with Gasteiger partial charge in [0.05, 0.1) is 12.2 Å². The van der Waals surface area contributed by atoms with E-state index in [9.17, 15) is 15.0 Å². The van der Waals surface area contributed by atoms with Crippen LogP contribution in [0.5, 0.6) is 0 Å². The van der Waals surface area contributed by atoms with Crippen LogP contribution in [0.1, 0.15) is 35.7 Å². The second kappa shape index (κ2) is 11.6. The van der Waals surface area contributed by atoms with Gasteiger partial charge in [0, 0.05) is 35.6 Å². The minimum absolute atomic E-state index is 0.0758. The number of aliphatic hydroxyl groups is 2. The maximum absolute atomic E-state index is 12.0. The summed E-state index contributed by atoms with van der Waals surface area (Å²) in [5.41, 5.74) is 8.10. The predicted octanol–water partition coefficient (Wildman–Crippen LogP) is 2.73. The Morgan fingerprint density at radius 3 is 2.74 bits per heavy atom. The molecule has 0 aliphatic carbocycles. The van der Waals surface area contributed by atoms with Gasteiger partial charge in [0.1, 0.15) is 6.10 Å². The number of hydrogen-bond acceptors (Lipinski definition) is 6. The summed E-state index contributed by atoms with van der Waals surface area (Å²) in [4.78, 5) is 20.7. The monoisotopic (exact) mass is 479 g/mol. The quantitative estimate of drug-likeness (QED) is 0.183. The van der Waals surface area contributed by atoms with Gasteiger partial charge in [0.2, 0.25) is 0 Å². The van der Waals surface area contributed by atoms with Crippen LogP contribution in [0.3, 0.4) is 0 Å². The summed E-state index contributed by atoms with van der Waals surface area (Å²) in [7, 11) is 0. The average Bonchev–Trinajstić information content (AvgIpc) is 3.18. The van der Waals surface area contributed by atoms with Gasteiger partial charge in [-0.25, -0.2) is 10.3 Å². The highest BCUT2D eigenvalue weighted by Gasteiger charge is 2.35. The molecule has 3 aromatic rings. The average molecular weight is 480 g/mol. The molecule has 4 rings (SSSR count). The van der Waals surface area contributed by atoms with Crippen LogP contribution < -0.4 is 10.8 Å². The molecule has 1 aliphatic heterocycles. The van der Waals surface area contributed by atoms with Crippen LogP contribution in [0.25, 0.3) is 17.0 Å². The molecule has 0 radical (unpaired) electrons. The van der Waals surface area contributed by atoms with Crippen LogP contribution in [-0.2, 0) is 27.3 Å². The highest BCUT2D eigenvalue weighted by molar-refractivity contribution is 5.91. The zero-order valence-electron chi connectivity index (χ0n) is 20.0. The van der Waals surface area contributed by atoms with Crippen molar-refractivity contribution in [3.05, 3.63) is 77.0 Å². The molecule has 0 unspecified atom stereocenters. The number of benzene rings is 2. The number of fused-ring (bicyclic) bond motifs is 1. The number of para-hydroxylation sites is 1. The smallest absolute Gasteiger partial charge is 0.267 e. The highest BCUT2D eigenvalue weighted by Crippen LogP contribution is 2.22. The summed E-state index contributed by atoms with van der Waals surface area (Å²) in [6, 6.07) is 16.4. The third kappa shape index (κ3) is 6.56. The molecule has 0 saturated carbocycles. The predicted molar refractivity (Wildman–Crippen MR) is 134 cm³/mol. The number of aliphatic hydroxyl groups excluding tert-OH is 2. The minimum Gasteiger partial charge on any atom is -0.390 e. The number of hydrogen-bond donors (Lipinski definition) is 5. The van der Waals surface area contributed by atoms with Crippen molar-refractivity contribution in [3.63, 3.8) is 0 Å². The summed E-state index contributed by atoms with van der Waals surface area (Å²) in [5, 5.41) is 24.2. The zero-order valence-corrected chi connectivity index (χ0v) is 20.0. The Bertz CT molecular complexity index is 1150. The number of H-pyrrole nitrogens is 1. The van der Waals surface area contributed by atoms with Gasteiger partial charge in [-0.05, 0) is 55.6 Å². The second-order valence-electron chi connectivity index (χ2n) is 8.92. The third-order valence-electron chi connectivity index (χ3n) is 6.28. The molecule has 0 bridgehead atoms. The number of hydroxylamine groups is 1. The number of carbonyl (C=O) groups excluding carboxylic acids is 1. The SMILES string of the molecule is Cc1[nH]c2ccccc2c1CCNCc1ccc(/C=C/C(=O)NO[C@H]2C[C@H](O)[C@H](O)[C@H](C)O2)cc1. The Hall–Kier alpha value is -3.01. The number of nitrogens with one attached hydrogen (secondary N) is 3. The van der Waals surface area contributed by atoms with Gasteiger partial charge < -0.3 is 25.3 Å². The molecule has 0 spiro atoms. The molecule has 8 nitrogen and oxygen atoms in total. The number of amides is 1. The number of ether oxygens (including phenoxy) is 1. The molecule has 2 aromatic carbocycles. The van der Waals surface area contributed by atoms with Crippen LogP contribution in [-0.4, -0.2) is 52.3 Å². The van der Waals surface area contributed by atoms with E-state index in [-0.39, 0.29) is 6.42 Å². The van der Waals surface area contributed by atoms with Crippen LogP contribution >= 0.6 is 0 Å². The number of aryl methyl sites for hydroxylation is 1. The van der Waals surface area contributed by atoms with E-state index in [2.05, 4.69) is 40.9 Å². The van der Waals surface area contributed by atoms with Gasteiger partial charge in [-0.2, -0.15) is 0 Å². The number of aromatic nitrogens is 1. The highest BCUT2D eigenvalue weighted by atomic mass is 16.8. The lowest BCUT2D eigenvalue weighted by atomic mass is 10.0. The molecule has 1 aliphatic rings. The summed E-state index contributed by atoms with van der Waals surface area (Å²) >= 11 is 0. The van der Waals surface area contributed by atoms with Gasteiger partial charge in [-0.15, -0.1) is 0 Å². The van der Waals surface area contributed by atoms with Gasteiger partial charge in [-0.1, -0.05) is 42.5 Å². The molecule has 4 atom stereocenters. The van der Waals surface area contributed by atoms with Gasteiger partial charge in [0.15, 0.2) is 6.29 Å². The molecule has 5 N–H and O–H groups in total. The summed E-state index contributed by atoms with van der Waals surface area (Å²) in [6.07, 6.45) is 0.778. The normalized spacial score (nSPS) is 22.6. The molecule has 186 valence electrons. The van der Waals surface area contributed by atoms with Crippen LogP contribution in [0.4, 0.5) is 0 Å². The standard InChI is InChI=1S/C27H33N3O5/c1-17-21(22-5-3-4-6-23(22)29-17)13-14-28-16-20-9-7-19(8-10-20)11-12-25(32)30-35-26-15-24(31)27(33)18(2)34-26/h3-12,18,24,26-29,31,33H,13-16H2,1-2H3,(H,30,32)/b12-11+/t18-,24-,26-,27+/m0/s1. The number of rotatable bonds is 9. The van der Waals surface area contributed by atoms with Crippen molar-refractivity contribution >= 4 is 22.9 Å². The summed E-state index contributed by atoms with van der Waals surface area (Å²) in [6.45, 7) is 5.40. The number of aromatic amines is 1. The number of carbonyl (C=O) groups is 1. The van der Waals surface area contributed by atoms with Crippen LogP contribution in [0.15, 0.2) is 54.6 Å². The Morgan fingerprint density at radius 1 is 1.20 bits per heavy atom. The minimum atomic E-state index is -0.965. The van der Waals surface area contributed by atoms with Crippen molar-refractivity contribution in [2.45, 2.75) is 57.8 Å². The molecule has 1 amide bonds. The lowest BCUT2D eigenvalue weighted by Crippen LogP contribution is -2.49. The fourth-order valence-electron chi connectivity index (χ4n) is 4.28. The maximum Gasteiger partial charge on any atom is 0.267 e. The largest absolute Gasteiger partial charge is 0.390 e. The first-order valence-electron chi connectivity index (χ1n) is 11.9. The Morgan fingerprint density at radius 2 is 1.97 bits per heavy atom. The molecule has 8 heteroatoms. The molecule has 35 heavy (non-hydrogen) atoms. The molecule has 1 fully saturated rings. The van der Waals surface area contributed by atoms with E-state index >= 15 is 0 Å². The first-order chi connectivity index (χ1) is 16.9. The lowest BCUT2D eigenvalue weighted by Gasteiger charge is -2.34. The van der Waals surface area contributed by atoms with Crippen molar-refractivity contribution in [2.75, 3.05) is 6.54 Å². The third-order valence-corrected chi connectivity index (χ3v) is 6.28. The van der Waals surface area contributed by atoms with Gasteiger partial charge in [0.25, 0.3) is 5.91 Å². The van der Waals surface area contributed by atoms with Crippen molar-refractivity contribution in [3.8, 4) is 0 Å². The van der Waals surface area contributed by atoms with Crippen molar-refractivity contribution in [1.82, 2.24) is 15.8 Å². The van der Waals surface area contributed by atoms with E-state index in [1.807, 2.05) is 30.3 Å². The van der Waals surface area contributed by atoms with E-state index in [1.54, 1.807) is 13.0 Å². The van der Waals surface area contributed by atoms with Gasteiger partial charge >= 0.3 is 0 Å². The summed E-state index contributed by atoms with van der Waals surface area (Å²) in [5.74, 6) is -0.444. The van der Waals surface area contributed by atoms with Crippen molar-refractivity contribution in [1.29, 1.82) is 0 Å².